The number of rotatable bonds is 14. The van der Waals surface area contributed by atoms with Crippen LogP contribution in [0, 0.1) is 11.8 Å². The van der Waals surface area contributed by atoms with E-state index < -0.39 is 29.1 Å². The Bertz CT molecular complexity index is 1530. The summed E-state index contributed by atoms with van der Waals surface area (Å²) < 4.78 is 40.0. The molecule has 9 nitrogen and oxygen atoms in total. The zero-order valence-corrected chi connectivity index (χ0v) is 29.5. The SMILES string of the molecule is CCOC(=O)/C(F)=C/CN(CCOC(Cc1ccccc1)(c1ccc2c(cnn2C2CCCCO2)c1)[C@H](C)C(C)C)C(=O)OC(C)(C)C. The summed E-state index contributed by atoms with van der Waals surface area (Å²) in [7, 11) is 0. The summed E-state index contributed by atoms with van der Waals surface area (Å²) >= 11 is 0. The summed E-state index contributed by atoms with van der Waals surface area (Å²) in [6.45, 7) is 14.3. The van der Waals surface area contributed by atoms with Crippen molar-refractivity contribution in [3.05, 3.63) is 77.8 Å². The van der Waals surface area contributed by atoms with Crippen LogP contribution >= 0.6 is 0 Å². The van der Waals surface area contributed by atoms with Crippen LogP contribution in [0.15, 0.2) is 66.6 Å². The van der Waals surface area contributed by atoms with E-state index in [-0.39, 0.29) is 44.4 Å². The lowest BCUT2D eigenvalue weighted by molar-refractivity contribution is -0.140. The number of nitrogens with zero attached hydrogens (tertiary/aromatic N) is 3. The molecule has 0 bridgehead atoms. The van der Waals surface area contributed by atoms with Crippen molar-refractivity contribution in [2.45, 2.75) is 91.6 Å². The molecule has 1 amide bonds. The predicted molar refractivity (Wildman–Crippen MR) is 184 cm³/mol. The summed E-state index contributed by atoms with van der Waals surface area (Å²) in [5.74, 6) is -1.85. The summed E-state index contributed by atoms with van der Waals surface area (Å²) in [6, 6.07) is 16.6. The minimum absolute atomic E-state index is 0.0438. The van der Waals surface area contributed by atoms with E-state index in [0.29, 0.717) is 6.42 Å². The summed E-state index contributed by atoms with van der Waals surface area (Å²) in [6.07, 6.45) is 5.89. The van der Waals surface area contributed by atoms with Crippen LogP contribution in [-0.4, -0.2) is 65.3 Å². The quantitative estimate of drug-likeness (QED) is 0.127. The fourth-order valence-electron chi connectivity index (χ4n) is 6.09. The minimum Gasteiger partial charge on any atom is -0.461 e. The Morgan fingerprint density at radius 2 is 1.88 bits per heavy atom. The van der Waals surface area contributed by atoms with Crippen molar-refractivity contribution < 1.29 is 32.9 Å². The van der Waals surface area contributed by atoms with E-state index in [1.54, 1.807) is 27.7 Å². The molecule has 2 aromatic carbocycles. The number of carbonyl (C=O) groups excluding carboxylic acids is 2. The van der Waals surface area contributed by atoms with Crippen molar-refractivity contribution >= 4 is 23.0 Å². The first-order valence-electron chi connectivity index (χ1n) is 17.1. The van der Waals surface area contributed by atoms with Gasteiger partial charge >= 0.3 is 12.1 Å². The van der Waals surface area contributed by atoms with Gasteiger partial charge < -0.3 is 23.8 Å². The number of esters is 1. The number of benzene rings is 2. The maximum atomic E-state index is 14.5. The fourth-order valence-corrected chi connectivity index (χ4v) is 6.09. The maximum absolute atomic E-state index is 14.5. The van der Waals surface area contributed by atoms with Gasteiger partial charge in [-0.2, -0.15) is 9.49 Å². The Balaban J connectivity index is 1.70. The van der Waals surface area contributed by atoms with Crippen LogP contribution in [0.25, 0.3) is 10.9 Å². The number of hydrogen-bond acceptors (Lipinski definition) is 7. The van der Waals surface area contributed by atoms with Gasteiger partial charge in [0.15, 0.2) is 6.23 Å². The van der Waals surface area contributed by atoms with Crippen LogP contribution in [-0.2, 0) is 35.8 Å². The molecule has 2 heterocycles. The van der Waals surface area contributed by atoms with Crippen LogP contribution in [0.2, 0.25) is 0 Å². The van der Waals surface area contributed by atoms with Gasteiger partial charge in [0.1, 0.15) is 5.60 Å². The molecule has 0 aliphatic carbocycles. The maximum Gasteiger partial charge on any atom is 0.410 e. The number of ether oxygens (including phenoxy) is 4. The fraction of sp³-hybridized carbons (Fsp3) is 0.553. The first kappa shape index (κ1) is 37.1. The van der Waals surface area contributed by atoms with Crippen molar-refractivity contribution in [2.24, 2.45) is 11.8 Å². The van der Waals surface area contributed by atoms with Gasteiger partial charge in [-0.15, -0.1) is 0 Å². The van der Waals surface area contributed by atoms with E-state index in [1.807, 2.05) is 29.1 Å². The average Bonchev–Trinajstić information content (AvgIpc) is 3.49. The Morgan fingerprint density at radius 1 is 1.12 bits per heavy atom. The Morgan fingerprint density at radius 3 is 2.52 bits per heavy atom. The molecule has 3 aromatic rings. The molecule has 3 atom stereocenters. The standard InChI is InChI=1S/C38H52FN3O6/c1-8-45-35(43)32(39)19-20-41(36(44)48-37(5,6)7)21-23-47-38(28(4)27(2)3,25-29-14-10-9-11-15-29)31-17-18-33-30(24-31)26-40-42(33)34-16-12-13-22-46-34/h9-11,14-15,17-19,24,26-28,34H,8,12-13,16,20-23,25H2,1-7H3/b32-19-/t28-,34?,38?/m1/s1. The molecule has 1 aliphatic rings. The van der Waals surface area contributed by atoms with Crippen LogP contribution in [0.4, 0.5) is 9.18 Å². The van der Waals surface area contributed by atoms with Gasteiger partial charge in [0.25, 0.3) is 0 Å². The lowest BCUT2D eigenvalue weighted by atomic mass is 9.72. The number of halogens is 1. The highest BCUT2D eigenvalue weighted by atomic mass is 19.1. The zero-order valence-electron chi connectivity index (χ0n) is 29.5. The van der Waals surface area contributed by atoms with E-state index in [0.717, 1.165) is 54.0 Å². The molecule has 0 radical (unpaired) electrons. The molecule has 0 N–H and O–H groups in total. The van der Waals surface area contributed by atoms with Gasteiger partial charge in [0, 0.05) is 31.5 Å². The second-order valence-electron chi connectivity index (χ2n) is 13.8. The molecule has 10 heteroatoms. The van der Waals surface area contributed by atoms with Gasteiger partial charge in [-0.1, -0.05) is 57.2 Å². The molecule has 2 unspecified atom stereocenters. The topological polar surface area (TPSA) is 92.1 Å². The number of hydrogen-bond donors (Lipinski definition) is 0. The third kappa shape index (κ3) is 9.44. The van der Waals surface area contributed by atoms with E-state index in [9.17, 15) is 14.0 Å². The minimum atomic E-state index is -1.07. The predicted octanol–water partition coefficient (Wildman–Crippen LogP) is 8.14. The average molecular weight is 666 g/mol. The van der Waals surface area contributed by atoms with Crippen molar-refractivity contribution in [3.63, 3.8) is 0 Å². The van der Waals surface area contributed by atoms with Gasteiger partial charge in [-0.05, 0) is 88.1 Å². The van der Waals surface area contributed by atoms with Crippen LogP contribution in [0.1, 0.15) is 85.1 Å². The second-order valence-corrected chi connectivity index (χ2v) is 13.8. The summed E-state index contributed by atoms with van der Waals surface area (Å²) in [4.78, 5) is 26.5. The van der Waals surface area contributed by atoms with E-state index in [4.69, 9.17) is 24.0 Å². The van der Waals surface area contributed by atoms with Gasteiger partial charge in [-0.3, -0.25) is 0 Å². The molecular weight excluding hydrogens is 613 g/mol. The van der Waals surface area contributed by atoms with Crippen molar-refractivity contribution in [2.75, 3.05) is 32.9 Å². The third-order valence-corrected chi connectivity index (χ3v) is 8.89. The lowest BCUT2D eigenvalue weighted by Gasteiger charge is -2.42. The first-order chi connectivity index (χ1) is 22.8. The number of amides is 1. The Kier molecular flexibility index (Phi) is 12.8. The van der Waals surface area contributed by atoms with Crippen molar-refractivity contribution in [3.8, 4) is 0 Å². The Labute approximate surface area is 284 Å². The Hall–Kier alpha value is -3.76. The number of carbonyl (C=O) groups is 2. The highest BCUT2D eigenvalue weighted by Crippen LogP contribution is 2.42. The molecular formula is C38H52FN3O6. The summed E-state index contributed by atoms with van der Waals surface area (Å²) in [5.41, 5.74) is 1.55. The van der Waals surface area contributed by atoms with Crippen LogP contribution < -0.4 is 0 Å². The first-order valence-corrected chi connectivity index (χ1v) is 17.1. The third-order valence-electron chi connectivity index (χ3n) is 8.89. The monoisotopic (exact) mass is 665 g/mol. The molecule has 1 fully saturated rings. The molecule has 262 valence electrons. The van der Waals surface area contributed by atoms with Gasteiger partial charge in [0.2, 0.25) is 5.83 Å². The zero-order chi connectivity index (χ0) is 34.9. The van der Waals surface area contributed by atoms with E-state index >= 15 is 0 Å². The molecule has 1 saturated heterocycles. The highest BCUT2D eigenvalue weighted by molar-refractivity contribution is 5.86. The largest absolute Gasteiger partial charge is 0.461 e. The van der Waals surface area contributed by atoms with Crippen LogP contribution in [0.3, 0.4) is 0 Å². The van der Waals surface area contributed by atoms with Gasteiger partial charge in [0.05, 0.1) is 30.5 Å². The lowest BCUT2D eigenvalue weighted by Crippen LogP contribution is -2.44. The summed E-state index contributed by atoms with van der Waals surface area (Å²) in [5, 5.41) is 5.72. The molecule has 0 spiro atoms. The highest BCUT2D eigenvalue weighted by Gasteiger charge is 2.41. The number of fused-ring (bicyclic) bond motifs is 1. The molecule has 1 aromatic heterocycles. The van der Waals surface area contributed by atoms with Crippen molar-refractivity contribution in [1.82, 2.24) is 14.7 Å². The van der Waals surface area contributed by atoms with Crippen LogP contribution in [0.5, 0.6) is 0 Å². The molecule has 4 rings (SSSR count). The van der Waals surface area contributed by atoms with Crippen molar-refractivity contribution in [1.29, 1.82) is 0 Å². The smallest absolute Gasteiger partial charge is 0.410 e. The molecule has 48 heavy (non-hydrogen) atoms. The van der Waals surface area contributed by atoms with E-state index in [2.05, 4.69) is 51.1 Å². The number of aromatic nitrogens is 2. The second kappa shape index (κ2) is 16.6. The van der Waals surface area contributed by atoms with E-state index in [1.165, 1.54) is 4.90 Å². The normalized spacial score (nSPS) is 17.6. The van der Waals surface area contributed by atoms with Gasteiger partial charge in [-0.25, -0.2) is 14.3 Å². The molecule has 0 saturated carbocycles. The molecule has 1 aliphatic heterocycles.